The minimum Gasteiger partial charge on any atom is -0.697 e. The summed E-state index contributed by atoms with van der Waals surface area (Å²) in [6.45, 7) is 0. The van der Waals surface area contributed by atoms with E-state index in [0.717, 1.165) is 0 Å². The summed E-state index contributed by atoms with van der Waals surface area (Å²) in [4.78, 5) is 0. The first-order valence-electron chi connectivity index (χ1n) is 0.577. The third kappa shape index (κ3) is 163. The molecule has 0 aliphatic rings. The minimum atomic E-state index is 0. The van der Waals surface area contributed by atoms with Crippen LogP contribution in [-0.2, 0) is 0 Å². The molecular formula is C4H2Dy-2. The maximum Gasteiger partial charge on any atom is 0 e. The fraction of sp³-hybridized carbons (Fsp3) is 0. The van der Waals surface area contributed by atoms with Gasteiger partial charge in [0.25, 0.3) is 0 Å². The molecule has 0 nitrogen and oxygen atoms in total. The molecular weight excluding hydrogens is 211 g/mol. The summed E-state index contributed by atoms with van der Waals surface area (Å²) >= 11 is 0. The Labute approximate surface area is 63.4 Å². The molecule has 5 heavy (non-hydrogen) atoms. The van der Waals surface area contributed by atoms with Gasteiger partial charge >= 0.3 is 0 Å². The van der Waals surface area contributed by atoms with Crippen LogP contribution in [0.2, 0.25) is 0 Å². The van der Waals surface area contributed by atoms with Gasteiger partial charge in [-0.25, -0.2) is 0 Å². The van der Waals surface area contributed by atoms with Gasteiger partial charge in [0, 0.05) is 38.2 Å². The number of rotatable bonds is 0. The average Bonchev–Trinajstić information content (AvgIpc) is 1.50. The van der Waals surface area contributed by atoms with E-state index in [0.29, 0.717) is 0 Å². The van der Waals surface area contributed by atoms with Crippen molar-refractivity contribution in [2.45, 2.75) is 0 Å². The molecule has 0 aromatic rings. The van der Waals surface area contributed by atoms with Crippen LogP contribution in [0.5, 0.6) is 0 Å². The van der Waals surface area contributed by atoms with E-state index in [2.05, 4.69) is 12.8 Å². The van der Waals surface area contributed by atoms with E-state index >= 15 is 0 Å². The molecule has 30 valence electrons. The number of hydrogen-bond acceptors (Lipinski definition) is 0. The first-order chi connectivity index (χ1) is 2.00. The van der Waals surface area contributed by atoms with Gasteiger partial charge in [0.2, 0.25) is 0 Å². The summed E-state index contributed by atoms with van der Waals surface area (Å²) in [5.74, 6) is 0. The van der Waals surface area contributed by atoms with Crippen molar-refractivity contribution in [2.75, 3.05) is 0 Å². The quantitative estimate of drug-likeness (QED) is 0.403. The second kappa shape index (κ2) is 328. The molecule has 0 amide bonds. The Morgan fingerprint density at radius 1 is 0.800 bits per heavy atom. The number of hydrogen-bond donors (Lipinski definition) is 0. The molecule has 0 rings (SSSR count). The second-order valence-electron chi connectivity index (χ2n) is 0. The summed E-state index contributed by atoms with van der Waals surface area (Å²) in [5.41, 5.74) is 0. The number of terminal acetylenes is 2. The zero-order chi connectivity index (χ0) is 4.00. The third-order valence-electron chi connectivity index (χ3n) is 0. The van der Waals surface area contributed by atoms with Gasteiger partial charge in [-0.15, -0.1) is 0 Å². The van der Waals surface area contributed by atoms with Gasteiger partial charge < -0.3 is 25.7 Å². The van der Waals surface area contributed by atoms with Gasteiger partial charge in [0.05, 0.1) is 0 Å². The Morgan fingerprint density at radius 3 is 0.800 bits per heavy atom. The van der Waals surface area contributed by atoms with Crippen LogP contribution in [0.1, 0.15) is 0 Å². The fourth-order valence-corrected chi connectivity index (χ4v) is 0. The van der Waals surface area contributed by atoms with Gasteiger partial charge in [-0.3, -0.25) is 0 Å². The first-order valence-corrected chi connectivity index (χ1v) is 0.577. The van der Waals surface area contributed by atoms with Crippen molar-refractivity contribution < 1.29 is 38.2 Å². The van der Waals surface area contributed by atoms with Crippen LogP contribution in [0.15, 0.2) is 0 Å². The van der Waals surface area contributed by atoms with E-state index < -0.39 is 0 Å². The van der Waals surface area contributed by atoms with E-state index in [1.807, 2.05) is 0 Å². The molecule has 0 bridgehead atoms. The van der Waals surface area contributed by atoms with Crippen molar-refractivity contribution in [1.29, 1.82) is 0 Å². The molecule has 0 spiro atoms. The van der Waals surface area contributed by atoms with E-state index in [1.54, 1.807) is 0 Å². The molecule has 0 unspecified atom stereocenters. The van der Waals surface area contributed by atoms with Gasteiger partial charge in [-0.2, -0.15) is 0 Å². The minimum absolute atomic E-state index is 0. The summed E-state index contributed by atoms with van der Waals surface area (Å²) in [7, 11) is 0. The molecule has 0 heterocycles. The van der Waals surface area contributed by atoms with Crippen LogP contribution in [0.3, 0.4) is 0 Å². The van der Waals surface area contributed by atoms with E-state index in [4.69, 9.17) is 12.8 Å². The maximum atomic E-state index is 5.25. The van der Waals surface area contributed by atoms with E-state index in [-0.39, 0.29) is 38.2 Å². The monoisotopic (exact) mass is 214 g/mol. The van der Waals surface area contributed by atoms with Crippen LogP contribution in [-0.4, -0.2) is 0 Å². The van der Waals surface area contributed by atoms with Crippen molar-refractivity contribution >= 4 is 0 Å². The topological polar surface area (TPSA) is 0 Å². The Balaban J connectivity index is -0.0000000133. The van der Waals surface area contributed by atoms with E-state index in [9.17, 15) is 0 Å². The van der Waals surface area contributed by atoms with Gasteiger partial charge in [0.15, 0.2) is 0 Å². The molecule has 0 fully saturated rings. The molecule has 0 saturated carbocycles. The Morgan fingerprint density at radius 2 is 0.800 bits per heavy atom. The maximum absolute atomic E-state index is 5.25. The third-order valence-corrected chi connectivity index (χ3v) is 0. The molecule has 0 aliphatic carbocycles. The van der Waals surface area contributed by atoms with Crippen LogP contribution in [0.25, 0.3) is 0 Å². The van der Waals surface area contributed by atoms with Crippen molar-refractivity contribution in [1.82, 2.24) is 0 Å². The average molecular weight is 213 g/mol. The normalized spacial score (nSPS) is 0.800. The Bertz CT molecular complexity index is 19.1. The zero-order valence-corrected chi connectivity index (χ0v) is 4.50. The van der Waals surface area contributed by atoms with Crippen molar-refractivity contribution in [3.05, 3.63) is 12.8 Å². The van der Waals surface area contributed by atoms with Gasteiger partial charge in [-0.1, -0.05) is 0 Å². The van der Waals surface area contributed by atoms with E-state index in [1.165, 1.54) is 0 Å². The second-order valence-corrected chi connectivity index (χ2v) is 0. The van der Waals surface area contributed by atoms with Crippen LogP contribution >= 0.6 is 0 Å². The zero-order valence-electron chi connectivity index (χ0n) is 2.47. The van der Waals surface area contributed by atoms with Crippen LogP contribution in [0, 0.1) is 63.9 Å². The van der Waals surface area contributed by atoms with Crippen LogP contribution < -0.4 is 0 Å². The van der Waals surface area contributed by atoms with Gasteiger partial charge in [0.1, 0.15) is 0 Å². The fourth-order valence-electron chi connectivity index (χ4n) is 0. The Kier molecular flexibility index (Phi) is 1190. The molecule has 0 saturated heterocycles. The predicted molar refractivity (Wildman–Crippen MR) is 16.4 cm³/mol. The SMILES string of the molecule is [C-]#C.[C-]#C.[Dy]. The van der Waals surface area contributed by atoms with Crippen molar-refractivity contribution in [3.63, 3.8) is 0 Å². The molecule has 0 aromatic heterocycles. The Hall–Kier alpha value is 0.393. The van der Waals surface area contributed by atoms with Crippen molar-refractivity contribution in [2.24, 2.45) is 0 Å². The van der Waals surface area contributed by atoms with Crippen molar-refractivity contribution in [3.8, 4) is 12.8 Å². The smallest absolute Gasteiger partial charge is 0 e. The summed E-state index contributed by atoms with van der Waals surface area (Å²) < 4.78 is 0. The standard InChI is InChI=1S/2C2H.Dy/c2*1-2;/h2*1H;/q2*-1;. The first kappa shape index (κ1) is 18.2. The largest absolute Gasteiger partial charge is 0.697 e. The summed E-state index contributed by atoms with van der Waals surface area (Å²) in [5, 5.41) is 0. The molecule has 0 aliphatic heterocycles. The molecule has 0 atom stereocenters. The predicted octanol–water partition coefficient (Wildman–Crippen LogP) is 0.412. The molecule has 1 heteroatoms. The molecule has 0 aromatic carbocycles. The summed E-state index contributed by atoms with van der Waals surface area (Å²) in [6, 6.07) is 0. The summed E-state index contributed by atoms with van der Waals surface area (Å²) in [6.07, 6.45) is 18.0. The van der Waals surface area contributed by atoms with Gasteiger partial charge in [-0.05, 0) is 0 Å². The molecule has 0 N–H and O–H groups in total. The van der Waals surface area contributed by atoms with Crippen LogP contribution in [0.4, 0.5) is 0 Å². The molecule has 0 radical (unpaired) electrons.